The van der Waals surface area contributed by atoms with Gasteiger partial charge in [0.2, 0.25) is 0 Å². The minimum atomic E-state index is -0.383. The summed E-state index contributed by atoms with van der Waals surface area (Å²) in [7, 11) is 0. The summed E-state index contributed by atoms with van der Waals surface area (Å²) in [5.74, 6) is 0.606. The fourth-order valence-corrected chi connectivity index (χ4v) is 3.10. The Labute approximate surface area is 176 Å². The van der Waals surface area contributed by atoms with E-state index < -0.39 is 0 Å². The minimum Gasteiger partial charge on any atom is -0.364 e. The van der Waals surface area contributed by atoms with Crippen molar-refractivity contribution in [1.82, 2.24) is 25.1 Å². The maximum Gasteiger partial charge on any atom is 0.251 e. The number of carbonyl (C=O) groups excluding carboxylic acids is 1. The standard InChI is InChI=1S/C21H18ClFN6O/c22-17-4-2-1-3-15(17)13-25-18-9-10-19-26-27-20(29(19)28-18)11-12-24-21(30)14-5-7-16(23)8-6-14/h1-10H,11-13H2,(H,24,30)(H,25,28). The van der Waals surface area contributed by atoms with E-state index in [9.17, 15) is 9.18 Å². The fourth-order valence-electron chi connectivity index (χ4n) is 2.90. The number of carbonyl (C=O) groups is 1. The van der Waals surface area contributed by atoms with E-state index in [1.807, 2.05) is 36.4 Å². The lowest BCUT2D eigenvalue weighted by Crippen LogP contribution is -2.26. The molecular formula is C21H18ClFN6O. The number of fused-ring (bicyclic) bond motifs is 1. The quantitative estimate of drug-likeness (QED) is 0.474. The molecule has 4 rings (SSSR count). The number of amides is 1. The summed E-state index contributed by atoms with van der Waals surface area (Å²) in [6.07, 6.45) is 0.440. The van der Waals surface area contributed by atoms with Crippen molar-refractivity contribution in [3.05, 3.63) is 88.5 Å². The molecule has 0 fully saturated rings. The van der Waals surface area contributed by atoms with Crippen molar-refractivity contribution in [3.8, 4) is 0 Å². The lowest BCUT2D eigenvalue weighted by Gasteiger charge is -2.08. The summed E-state index contributed by atoms with van der Waals surface area (Å²) in [4.78, 5) is 12.1. The van der Waals surface area contributed by atoms with E-state index in [4.69, 9.17) is 11.6 Å². The van der Waals surface area contributed by atoms with Gasteiger partial charge in [0.05, 0.1) is 0 Å². The number of nitrogens with zero attached hydrogens (tertiary/aromatic N) is 4. The summed E-state index contributed by atoms with van der Waals surface area (Å²) in [6.45, 7) is 0.874. The molecule has 2 aromatic carbocycles. The molecule has 9 heteroatoms. The number of hydrogen-bond acceptors (Lipinski definition) is 5. The van der Waals surface area contributed by atoms with Gasteiger partial charge in [-0.2, -0.15) is 4.52 Å². The SMILES string of the molecule is O=C(NCCc1nnc2ccc(NCc3ccccc3Cl)nn12)c1ccc(F)cc1. The van der Waals surface area contributed by atoms with Gasteiger partial charge in [0.25, 0.3) is 5.91 Å². The normalized spacial score (nSPS) is 10.9. The van der Waals surface area contributed by atoms with E-state index in [1.54, 1.807) is 4.52 Å². The molecule has 0 aliphatic rings. The zero-order chi connectivity index (χ0) is 20.9. The molecule has 0 unspecified atom stereocenters. The van der Waals surface area contributed by atoms with E-state index >= 15 is 0 Å². The molecule has 0 spiro atoms. The first-order valence-corrected chi connectivity index (χ1v) is 9.70. The van der Waals surface area contributed by atoms with Crippen LogP contribution in [-0.2, 0) is 13.0 Å². The third-order valence-electron chi connectivity index (χ3n) is 4.49. The third kappa shape index (κ3) is 4.55. The van der Waals surface area contributed by atoms with Crippen LogP contribution in [0.5, 0.6) is 0 Å². The van der Waals surface area contributed by atoms with E-state index in [1.165, 1.54) is 24.3 Å². The van der Waals surface area contributed by atoms with E-state index in [0.717, 1.165) is 5.56 Å². The van der Waals surface area contributed by atoms with Crippen LogP contribution in [0.15, 0.2) is 60.7 Å². The largest absolute Gasteiger partial charge is 0.364 e. The van der Waals surface area contributed by atoms with Gasteiger partial charge in [0.15, 0.2) is 11.5 Å². The number of nitrogens with one attached hydrogen (secondary N) is 2. The Morgan fingerprint density at radius 2 is 1.83 bits per heavy atom. The Morgan fingerprint density at radius 3 is 2.63 bits per heavy atom. The number of anilines is 1. The predicted molar refractivity (Wildman–Crippen MR) is 112 cm³/mol. The van der Waals surface area contributed by atoms with Crippen molar-refractivity contribution in [1.29, 1.82) is 0 Å². The maximum atomic E-state index is 13.0. The molecule has 0 aliphatic heterocycles. The predicted octanol–water partition coefficient (Wildman–Crippen LogP) is 3.50. The Bertz CT molecular complexity index is 1180. The Balaban J connectivity index is 1.39. The zero-order valence-corrected chi connectivity index (χ0v) is 16.6. The second-order valence-corrected chi connectivity index (χ2v) is 6.97. The number of hydrogen-bond donors (Lipinski definition) is 2. The molecular weight excluding hydrogens is 407 g/mol. The first-order valence-electron chi connectivity index (χ1n) is 9.32. The van der Waals surface area contributed by atoms with E-state index in [2.05, 4.69) is 25.9 Å². The molecule has 1 amide bonds. The van der Waals surface area contributed by atoms with Crippen LogP contribution in [0.25, 0.3) is 5.65 Å². The van der Waals surface area contributed by atoms with Crippen LogP contribution in [0.4, 0.5) is 10.2 Å². The maximum absolute atomic E-state index is 13.0. The summed E-state index contributed by atoms with van der Waals surface area (Å²) in [5.41, 5.74) is 1.97. The molecule has 2 heterocycles. The topological polar surface area (TPSA) is 84.2 Å². The molecule has 0 radical (unpaired) electrons. The van der Waals surface area contributed by atoms with Gasteiger partial charge >= 0.3 is 0 Å². The van der Waals surface area contributed by atoms with Crippen LogP contribution >= 0.6 is 11.6 Å². The van der Waals surface area contributed by atoms with Crippen molar-refractivity contribution in [2.45, 2.75) is 13.0 Å². The molecule has 30 heavy (non-hydrogen) atoms. The van der Waals surface area contributed by atoms with Crippen LogP contribution in [-0.4, -0.2) is 32.3 Å². The van der Waals surface area contributed by atoms with Crippen LogP contribution in [0.1, 0.15) is 21.7 Å². The van der Waals surface area contributed by atoms with Crippen molar-refractivity contribution in [2.24, 2.45) is 0 Å². The smallest absolute Gasteiger partial charge is 0.251 e. The summed E-state index contributed by atoms with van der Waals surface area (Å²) in [5, 5.41) is 19.5. The van der Waals surface area contributed by atoms with Crippen LogP contribution < -0.4 is 10.6 Å². The van der Waals surface area contributed by atoms with Gasteiger partial charge in [-0.3, -0.25) is 4.79 Å². The lowest BCUT2D eigenvalue weighted by atomic mass is 10.2. The van der Waals surface area contributed by atoms with Gasteiger partial charge in [-0.15, -0.1) is 15.3 Å². The molecule has 0 bridgehead atoms. The average Bonchev–Trinajstić information content (AvgIpc) is 3.16. The number of benzene rings is 2. The Kier molecular flexibility index (Phi) is 5.85. The van der Waals surface area contributed by atoms with Crippen LogP contribution in [0.3, 0.4) is 0 Å². The minimum absolute atomic E-state index is 0.279. The van der Waals surface area contributed by atoms with Crippen molar-refractivity contribution >= 4 is 29.0 Å². The lowest BCUT2D eigenvalue weighted by molar-refractivity contribution is 0.0954. The van der Waals surface area contributed by atoms with Crippen molar-refractivity contribution in [2.75, 3.05) is 11.9 Å². The first-order chi connectivity index (χ1) is 14.6. The van der Waals surface area contributed by atoms with Gasteiger partial charge in [0, 0.05) is 30.1 Å². The van der Waals surface area contributed by atoms with Gasteiger partial charge < -0.3 is 10.6 Å². The van der Waals surface area contributed by atoms with Gasteiger partial charge in [-0.1, -0.05) is 29.8 Å². The molecule has 152 valence electrons. The average molecular weight is 425 g/mol. The van der Waals surface area contributed by atoms with Crippen LogP contribution in [0.2, 0.25) is 5.02 Å². The molecule has 0 saturated heterocycles. The molecule has 2 N–H and O–H groups in total. The summed E-state index contributed by atoms with van der Waals surface area (Å²) in [6, 6.07) is 16.6. The van der Waals surface area contributed by atoms with Crippen molar-refractivity contribution in [3.63, 3.8) is 0 Å². The molecule has 0 saturated carbocycles. The highest BCUT2D eigenvalue weighted by Crippen LogP contribution is 2.16. The highest BCUT2D eigenvalue weighted by Gasteiger charge is 2.10. The number of aromatic nitrogens is 4. The summed E-state index contributed by atoms with van der Waals surface area (Å²) >= 11 is 6.19. The van der Waals surface area contributed by atoms with Gasteiger partial charge in [0.1, 0.15) is 11.6 Å². The molecule has 4 aromatic rings. The molecule has 7 nitrogen and oxygen atoms in total. The monoisotopic (exact) mass is 424 g/mol. The number of rotatable bonds is 7. The highest BCUT2D eigenvalue weighted by molar-refractivity contribution is 6.31. The molecule has 0 atom stereocenters. The highest BCUT2D eigenvalue weighted by atomic mass is 35.5. The van der Waals surface area contributed by atoms with Crippen molar-refractivity contribution < 1.29 is 9.18 Å². The second-order valence-electron chi connectivity index (χ2n) is 6.56. The summed E-state index contributed by atoms with van der Waals surface area (Å²) < 4.78 is 14.6. The molecule has 0 aliphatic carbocycles. The Hall–Kier alpha value is -3.52. The van der Waals surface area contributed by atoms with E-state index in [-0.39, 0.29) is 11.7 Å². The first kappa shape index (κ1) is 19.8. The molecule has 2 aromatic heterocycles. The fraction of sp³-hybridized carbons (Fsp3) is 0.143. The van der Waals surface area contributed by atoms with E-state index in [0.29, 0.717) is 47.4 Å². The second kappa shape index (κ2) is 8.87. The third-order valence-corrected chi connectivity index (χ3v) is 4.85. The zero-order valence-electron chi connectivity index (χ0n) is 15.8. The van der Waals surface area contributed by atoms with Gasteiger partial charge in [-0.25, -0.2) is 4.39 Å². The number of halogens is 2. The van der Waals surface area contributed by atoms with Crippen LogP contribution in [0, 0.1) is 5.82 Å². The Morgan fingerprint density at radius 1 is 1.03 bits per heavy atom. The van der Waals surface area contributed by atoms with Gasteiger partial charge in [-0.05, 0) is 48.0 Å².